The maximum absolute atomic E-state index is 12.1. The Morgan fingerprint density at radius 3 is 2.48 bits per heavy atom. The smallest absolute Gasteiger partial charge is 0.226 e. The number of nitrogens with zero attached hydrogens (tertiary/aromatic N) is 1. The van der Waals surface area contributed by atoms with Crippen LogP contribution in [0.5, 0.6) is 0 Å². The van der Waals surface area contributed by atoms with E-state index < -0.39 is 0 Å². The molecule has 6 heteroatoms. The fraction of sp³-hybridized carbons (Fsp3) is 0.158. The van der Waals surface area contributed by atoms with Crippen molar-refractivity contribution in [2.24, 2.45) is 0 Å². The first kappa shape index (κ1) is 17.9. The van der Waals surface area contributed by atoms with Crippen molar-refractivity contribution in [3.63, 3.8) is 0 Å². The van der Waals surface area contributed by atoms with Gasteiger partial charge in [0.05, 0.1) is 22.2 Å². The summed E-state index contributed by atoms with van der Waals surface area (Å²) in [5.41, 5.74) is 2.63. The second kappa shape index (κ2) is 8.48. The van der Waals surface area contributed by atoms with Crippen molar-refractivity contribution in [2.75, 3.05) is 6.54 Å². The van der Waals surface area contributed by atoms with E-state index in [9.17, 15) is 4.79 Å². The highest BCUT2D eigenvalue weighted by Gasteiger charge is 2.14. The summed E-state index contributed by atoms with van der Waals surface area (Å²) in [7, 11) is 0. The molecule has 0 saturated heterocycles. The molecule has 25 heavy (non-hydrogen) atoms. The van der Waals surface area contributed by atoms with E-state index in [0.29, 0.717) is 27.8 Å². The monoisotopic (exact) mass is 390 g/mol. The number of hydrogen-bond acceptors (Lipinski definition) is 3. The van der Waals surface area contributed by atoms with E-state index in [1.165, 1.54) is 16.9 Å². The molecule has 1 aromatic heterocycles. The van der Waals surface area contributed by atoms with Crippen molar-refractivity contribution in [3.05, 3.63) is 75.2 Å². The number of nitrogens with one attached hydrogen (secondary N) is 1. The van der Waals surface area contributed by atoms with Crippen LogP contribution in [-0.4, -0.2) is 17.4 Å². The van der Waals surface area contributed by atoms with Gasteiger partial charge in [-0.2, -0.15) is 0 Å². The third-order valence-electron chi connectivity index (χ3n) is 3.65. The second-order valence-corrected chi connectivity index (χ2v) is 7.18. The predicted octanol–water partition coefficient (Wildman–Crippen LogP) is 5.02. The van der Waals surface area contributed by atoms with E-state index in [4.69, 9.17) is 23.2 Å². The Hall–Kier alpha value is -1.88. The topological polar surface area (TPSA) is 42.0 Å². The van der Waals surface area contributed by atoms with Crippen LogP contribution in [0.25, 0.3) is 10.6 Å². The van der Waals surface area contributed by atoms with E-state index in [-0.39, 0.29) is 12.3 Å². The third kappa shape index (κ3) is 4.82. The van der Waals surface area contributed by atoms with Gasteiger partial charge in [-0.3, -0.25) is 4.79 Å². The minimum absolute atomic E-state index is 0.0435. The fourth-order valence-corrected chi connectivity index (χ4v) is 4.00. The summed E-state index contributed by atoms with van der Waals surface area (Å²) in [6.07, 6.45) is 1.05. The normalized spacial score (nSPS) is 10.6. The van der Waals surface area contributed by atoms with Gasteiger partial charge in [-0.15, -0.1) is 11.3 Å². The van der Waals surface area contributed by atoms with E-state index >= 15 is 0 Å². The molecule has 0 atom stereocenters. The number of benzene rings is 2. The zero-order valence-electron chi connectivity index (χ0n) is 13.3. The van der Waals surface area contributed by atoms with Gasteiger partial charge in [0.2, 0.25) is 5.91 Å². The number of carbonyl (C=O) groups excluding carboxylic acids is 1. The standard InChI is InChI=1S/C19H16Cl2N2OS/c20-15-7-4-8-16(21)18(15)19-23-14(12-25-19)11-17(24)22-10-9-13-5-2-1-3-6-13/h1-8,12H,9-11H2,(H,22,24). The number of amides is 1. The molecule has 0 aliphatic heterocycles. The van der Waals surface area contributed by atoms with Crippen LogP contribution >= 0.6 is 34.5 Å². The van der Waals surface area contributed by atoms with E-state index in [1.54, 1.807) is 18.2 Å². The van der Waals surface area contributed by atoms with E-state index in [0.717, 1.165) is 11.4 Å². The molecule has 0 aliphatic rings. The molecule has 0 spiro atoms. The van der Waals surface area contributed by atoms with Gasteiger partial charge in [-0.1, -0.05) is 59.6 Å². The lowest BCUT2D eigenvalue weighted by molar-refractivity contribution is -0.120. The molecule has 0 bridgehead atoms. The molecule has 3 nitrogen and oxygen atoms in total. The molecule has 3 aromatic rings. The van der Waals surface area contributed by atoms with Gasteiger partial charge in [-0.25, -0.2) is 4.98 Å². The molecule has 0 radical (unpaired) electrons. The number of rotatable bonds is 6. The number of aromatic nitrogens is 1. The van der Waals surface area contributed by atoms with E-state index in [2.05, 4.69) is 10.3 Å². The number of carbonyl (C=O) groups is 1. The average Bonchev–Trinajstić information content (AvgIpc) is 3.03. The molecule has 0 aliphatic carbocycles. The summed E-state index contributed by atoms with van der Waals surface area (Å²) in [4.78, 5) is 16.6. The minimum Gasteiger partial charge on any atom is -0.355 e. The molecule has 2 aromatic carbocycles. The lowest BCUT2D eigenvalue weighted by atomic mass is 10.1. The Morgan fingerprint density at radius 2 is 1.76 bits per heavy atom. The SMILES string of the molecule is O=C(Cc1csc(-c2c(Cl)cccc2Cl)n1)NCCc1ccccc1. The molecule has 1 N–H and O–H groups in total. The van der Waals surface area contributed by atoms with Gasteiger partial charge in [0.25, 0.3) is 0 Å². The predicted molar refractivity (Wildman–Crippen MR) is 104 cm³/mol. The third-order valence-corrected chi connectivity index (χ3v) is 5.19. The van der Waals surface area contributed by atoms with Crippen molar-refractivity contribution in [1.82, 2.24) is 10.3 Å². The quantitative estimate of drug-likeness (QED) is 0.641. The van der Waals surface area contributed by atoms with Crippen LogP contribution in [0.1, 0.15) is 11.3 Å². The van der Waals surface area contributed by atoms with E-state index in [1.807, 2.05) is 35.7 Å². The molecule has 0 saturated carbocycles. The molecule has 128 valence electrons. The maximum atomic E-state index is 12.1. The van der Waals surface area contributed by atoms with Gasteiger partial charge >= 0.3 is 0 Å². The minimum atomic E-state index is -0.0435. The zero-order valence-corrected chi connectivity index (χ0v) is 15.7. The summed E-state index contributed by atoms with van der Waals surface area (Å²) >= 11 is 13.9. The molecule has 3 rings (SSSR count). The van der Waals surface area contributed by atoms with Gasteiger partial charge in [0.15, 0.2) is 0 Å². The maximum Gasteiger partial charge on any atom is 0.226 e. The molecule has 1 heterocycles. The fourth-order valence-electron chi connectivity index (χ4n) is 2.42. The van der Waals surface area contributed by atoms with Crippen molar-refractivity contribution in [3.8, 4) is 10.6 Å². The summed E-state index contributed by atoms with van der Waals surface area (Å²) < 4.78 is 0. The van der Waals surface area contributed by atoms with Crippen LogP contribution in [0, 0.1) is 0 Å². The van der Waals surface area contributed by atoms with Gasteiger partial charge in [0.1, 0.15) is 5.01 Å². The highest BCUT2D eigenvalue weighted by molar-refractivity contribution is 7.13. The summed E-state index contributed by atoms with van der Waals surface area (Å²) in [5.74, 6) is -0.0435. The number of hydrogen-bond donors (Lipinski definition) is 1. The summed E-state index contributed by atoms with van der Waals surface area (Å²) in [6, 6.07) is 15.4. The molecule has 0 fully saturated rings. The highest BCUT2D eigenvalue weighted by atomic mass is 35.5. The van der Waals surface area contributed by atoms with Crippen LogP contribution in [0.3, 0.4) is 0 Å². The second-order valence-electron chi connectivity index (χ2n) is 5.50. The van der Waals surface area contributed by atoms with Crippen LogP contribution in [0.2, 0.25) is 10.0 Å². The van der Waals surface area contributed by atoms with Crippen LogP contribution < -0.4 is 5.32 Å². The Kier molecular flexibility index (Phi) is 6.08. The Balaban J connectivity index is 1.57. The number of halogens is 2. The lowest BCUT2D eigenvalue weighted by Crippen LogP contribution is -2.27. The van der Waals surface area contributed by atoms with Crippen LogP contribution in [0.4, 0.5) is 0 Å². The lowest BCUT2D eigenvalue weighted by Gasteiger charge is -2.04. The van der Waals surface area contributed by atoms with Crippen molar-refractivity contribution >= 4 is 40.4 Å². The highest BCUT2D eigenvalue weighted by Crippen LogP contribution is 2.36. The first-order valence-electron chi connectivity index (χ1n) is 7.83. The Labute approximate surface area is 160 Å². The van der Waals surface area contributed by atoms with Gasteiger partial charge in [0, 0.05) is 17.5 Å². The summed E-state index contributed by atoms with van der Waals surface area (Å²) in [6.45, 7) is 0.607. The zero-order chi connectivity index (χ0) is 17.6. The summed E-state index contributed by atoms with van der Waals surface area (Å²) in [5, 5.41) is 6.63. The van der Waals surface area contributed by atoms with Crippen molar-refractivity contribution in [2.45, 2.75) is 12.8 Å². The first-order valence-corrected chi connectivity index (χ1v) is 9.46. The first-order chi connectivity index (χ1) is 12.1. The Bertz CT molecular complexity index is 845. The Morgan fingerprint density at radius 1 is 1.04 bits per heavy atom. The van der Waals surface area contributed by atoms with Gasteiger partial charge < -0.3 is 5.32 Å². The largest absolute Gasteiger partial charge is 0.355 e. The molecular formula is C19H16Cl2N2OS. The average molecular weight is 391 g/mol. The van der Waals surface area contributed by atoms with Crippen molar-refractivity contribution < 1.29 is 4.79 Å². The molecule has 0 unspecified atom stereocenters. The molecule has 1 amide bonds. The van der Waals surface area contributed by atoms with Crippen LogP contribution in [0.15, 0.2) is 53.9 Å². The van der Waals surface area contributed by atoms with Gasteiger partial charge in [-0.05, 0) is 24.1 Å². The van der Waals surface area contributed by atoms with Crippen molar-refractivity contribution in [1.29, 1.82) is 0 Å². The molecular weight excluding hydrogens is 375 g/mol. The van der Waals surface area contributed by atoms with Crippen LogP contribution in [-0.2, 0) is 17.6 Å². The number of thiazole rings is 1.